The number of carbonyl (C=O) groups excluding carboxylic acids is 2. The fourth-order valence-electron chi connectivity index (χ4n) is 3.75. The average molecular weight is 474 g/mol. The van der Waals surface area contributed by atoms with E-state index in [1.54, 1.807) is 24.3 Å². The van der Waals surface area contributed by atoms with Gasteiger partial charge in [-0.3, -0.25) is 4.79 Å². The molecule has 174 valence electrons. The molecule has 0 atom stereocenters. The Morgan fingerprint density at radius 1 is 0.941 bits per heavy atom. The molecular weight excluding hydrogens is 446 g/mol. The number of thiophene rings is 1. The van der Waals surface area contributed by atoms with Gasteiger partial charge in [-0.15, -0.1) is 11.3 Å². The predicted octanol–water partition coefficient (Wildman–Crippen LogP) is 5.83. The van der Waals surface area contributed by atoms with Gasteiger partial charge >= 0.3 is 5.97 Å². The van der Waals surface area contributed by atoms with Crippen LogP contribution in [0.5, 0.6) is 5.75 Å². The Bertz CT molecular complexity index is 1340. The first kappa shape index (κ1) is 23.7. The number of benzene rings is 3. The lowest BCUT2D eigenvalue weighted by molar-refractivity contribution is 0.0601. The van der Waals surface area contributed by atoms with Crippen molar-refractivity contribution in [2.75, 3.05) is 34.4 Å². The Balaban J connectivity index is 1.76. The second-order valence-electron chi connectivity index (χ2n) is 8.38. The van der Waals surface area contributed by atoms with Crippen LogP contribution in [0.2, 0.25) is 0 Å². The van der Waals surface area contributed by atoms with Crippen molar-refractivity contribution in [3.05, 3.63) is 89.0 Å². The molecule has 6 heteroatoms. The zero-order chi connectivity index (χ0) is 24.2. The van der Waals surface area contributed by atoms with Crippen molar-refractivity contribution in [1.29, 1.82) is 0 Å². The first-order valence-electron chi connectivity index (χ1n) is 11.0. The van der Waals surface area contributed by atoms with Crippen LogP contribution in [0.15, 0.2) is 66.7 Å². The fourth-order valence-corrected chi connectivity index (χ4v) is 4.98. The van der Waals surface area contributed by atoms with Gasteiger partial charge in [0.25, 0.3) is 0 Å². The Morgan fingerprint density at radius 2 is 1.68 bits per heavy atom. The van der Waals surface area contributed by atoms with Crippen LogP contribution in [0, 0.1) is 6.92 Å². The fraction of sp³-hybridized carbons (Fsp3) is 0.214. The van der Waals surface area contributed by atoms with Gasteiger partial charge in [-0.25, -0.2) is 4.79 Å². The van der Waals surface area contributed by atoms with Gasteiger partial charge in [0.05, 0.1) is 12.7 Å². The summed E-state index contributed by atoms with van der Waals surface area (Å²) in [6.07, 6.45) is 0. The number of ketones is 1. The van der Waals surface area contributed by atoms with Gasteiger partial charge in [0.15, 0.2) is 5.78 Å². The van der Waals surface area contributed by atoms with E-state index in [4.69, 9.17) is 9.47 Å². The molecule has 4 rings (SSSR count). The highest BCUT2D eigenvalue weighted by molar-refractivity contribution is 7.22. The number of hydrogen-bond acceptors (Lipinski definition) is 6. The van der Waals surface area contributed by atoms with Crippen molar-refractivity contribution in [3.63, 3.8) is 0 Å². The van der Waals surface area contributed by atoms with E-state index in [2.05, 4.69) is 11.0 Å². The van der Waals surface area contributed by atoms with Crippen molar-refractivity contribution < 1.29 is 19.1 Å². The lowest BCUT2D eigenvalue weighted by Crippen LogP contribution is -2.19. The molecule has 0 bridgehead atoms. The Hall–Kier alpha value is -3.48. The monoisotopic (exact) mass is 473 g/mol. The maximum Gasteiger partial charge on any atom is 0.337 e. The lowest BCUT2D eigenvalue weighted by atomic mass is 9.96. The molecule has 0 amide bonds. The summed E-state index contributed by atoms with van der Waals surface area (Å²) in [4.78, 5) is 28.8. The first-order chi connectivity index (χ1) is 16.4. The van der Waals surface area contributed by atoms with Gasteiger partial charge in [0, 0.05) is 32.6 Å². The average Bonchev–Trinajstić information content (AvgIpc) is 3.22. The number of nitrogens with zero attached hydrogens (tertiary/aromatic N) is 1. The van der Waals surface area contributed by atoms with Crippen molar-refractivity contribution >= 4 is 33.2 Å². The van der Waals surface area contributed by atoms with Gasteiger partial charge in [0.2, 0.25) is 0 Å². The van der Waals surface area contributed by atoms with Gasteiger partial charge in [-0.1, -0.05) is 35.9 Å². The summed E-state index contributed by atoms with van der Waals surface area (Å²) in [5.74, 6) is 0.272. The van der Waals surface area contributed by atoms with Gasteiger partial charge in [0.1, 0.15) is 12.4 Å². The minimum Gasteiger partial charge on any atom is -0.492 e. The molecule has 0 aliphatic rings. The number of likely N-dealkylation sites (N-methyl/N-ethyl adjacent to an activating group) is 1. The molecule has 0 aliphatic heterocycles. The van der Waals surface area contributed by atoms with Crippen molar-refractivity contribution in [1.82, 2.24) is 4.90 Å². The molecule has 5 nitrogen and oxygen atoms in total. The molecule has 3 aromatic carbocycles. The molecule has 0 spiro atoms. The zero-order valence-electron chi connectivity index (χ0n) is 19.8. The summed E-state index contributed by atoms with van der Waals surface area (Å²) in [5.41, 5.74) is 3.79. The second-order valence-corrected chi connectivity index (χ2v) is 9.44. The molecule has 34 heavy (non-hydrogen) atoms. The molecule has 0 unspecified atom stereocenters. The van der Waals surface area contributed by atoms with Crippen molar-refractivity contribution in [2.45, 2.75) is 6.92 Å². The highest BCUT2D eigenvalue weighted by Gasteiger charge is 2.22. The standard InChI is InChI=1S/C28H27NO4S/c1-18-6-5-7-20(16-18)27-25(23-13-10-21(28(31)32-4)17-24(23)34-27)26(30)19-8-11-22(12-9-19)33-15-14-29(2)3/h5-13,16-17H,14-15H2,1-4H3. The summed E-state index contributed by atoms with van der Waals surface area (Å²) in [5, 5.41) is 0.825. The van der Waals surface area contributed by atoms with Crippen LogP contribution < -0.4 is 4.74 Å². The molecule has 0 N–H and O–H groups in total. The summed E-state index contributed by atoms with van der Waals surface area (Å²) in [6, 6.07) is 20.7. The summed E-state index contributed by atoms with van der Waals surface area (Å²) in [6.45, 7) is 3.42. The van der Waals surface area contributed by atoms with Crippen LogP contribution in [0.25, 0.3) is 20.5 Å². The number of fused-ring (bicyclic) bond motifs is 1. The van der Waals surface area contributed by atoms with E-state index in [9.17, 15) is 9.59 Å². The molecule has 4 aromatic rings. The zero-order valence-corrected chi connectivity index (χ0v) is 20.6. The number of hydrogen-bond donors (Lipinski definition) is 0. The van der Waals surface area contributed by atoms with Crippen LogP contribution in [-0.4, -0.2) is 51.0 Å². The van der Waals surface area contributed by atoms with Gasteiger partial charge < -0.3 is 14.4 Å². The van der Waals surface area contributed by atoms with E-state index in [1.807, 2.05) is 57.4 Å². The van der Waals surface area contributed by atoms with Crippen LogP contribution in [0.1, 0.15) is 31.8 Å². The maximum atomic E-state index is 13.8. The van der Waals surface area contributed by atoms with Crippen LogP contribution in [-0.2, 0) is 4.74 Å². The highest BCUT2D eigenvalue weighted by atomic mass is 32.1. The summed E-state index contributed by atoms with van der Waals surface area (Å²) >= 11 is 1.51. The molecule has 1 aromatic heterocycles. The van der Waals surface area contributed by atoms with E-state index in [1.165, 1.54) is 18.4 Å². The quantitative estimate of drug-likeness (QED) is 0.238. The first-order valence-corrected chi connectivity index (χ1v) is 11.8. The third-order valence-electron chi connectivity index (χ3n) is 5.54. The molecule has 0 radical (unpaired) electrons. The number of methoxy groups -OCH3 is 1. The smallest absolute Gasteiger partial charge is 0.337 e. The van der Waals surface area contributed by atoms with E-state index in [-0.39, 0.29) is 5.78 Å². The second kappa shape index (κ2) is 10.2. The number of carbonyl (C=O) groups is 2. The molecule has 0 saturated heterocycles. The van der Waals surface area contributed by atoms with Crippen LogP contribution >= 0.6 is 11.3 Å². The largest absolute Gasteiger partial charge is 0.492 e. The molecule has 1 heterocycles. The van der Waals surface area contributed by atoms with Gasteiger partial charge in [-0.05, 0) is 63.0 Å². The SMILES string of the molecule is COC(=O)c1ccc2c(C(=O)c3ccc(OCCN(C)C)cc3)c(-c3cccc(C)c3)sc2c1. The Kier molecular flexibility index (Phi) is 7.10. The third-order valence-corrected chi connectivity index (χ3v) is 6.74. The number of ether oxygens (including phenoxy) is 2. The number of aryl methyl sites for hydroxylation is 1. The normalized spacial score (nSPS) is 11.1. The summed E-state index contributed by atoms with van der Waals surface area (Å²) in [7, 11) is 5.36. The Morgan fingerprint density at radius 3 is 2.35 bits per heavy atom. The summed E-state index contributed by atoms with van der Waals surface area (Å²) < 4.78 is 11.5. The van der Waals surface area contributed by atoms with E-state index in [0.29, 0.717) is 23.3 Å². The van der Waals surface area contributed by atoms with Crippen LogP contribution in [0.4, 0.5) is 0 Å². The van der Waals surface area contributed by atoms with Crippen molar-refractivity contribution in [2.24, 2.45) is 0 Å². The molecule has 0 fully saturated rings. The third kappa shape index (κ3) is 5.03. The van der Waals surface area contributed by atoms with E-state index < -0.39 is 5.97 Å². The minimum absolute atomic E-state index is 0.0617. The maximum absolute atomic E-state index is 13.8. The Labute approximate surface area is 203 Å². The molecule has 0 saturated carbocycles. The predicted molar refractivity (Wildman–Crippen MR) is 137 cm³/mol. The number of esters is 1. The van der Waals surface area contributed by atoms with Crippen LogP contribution in [0.3, 0.4) is 0 Å². The van der Waals surface area contributed by atoms with E-state index >= 15 is 0 Å². The highest BCUT2D eigenvalue weighted by Crippen LogP contribution is 2.40. The number of rotatable bonds is 8. The van der Waals surface area contributed by atoms with Crippen molar-refractivity contribution in [3.8, 4) is 16.2 Å². The molecular formula is C28H27NO4S. The van der Waals surface area contributed by atoms with Gasteiger partial charge in [-0.2, -0.15) is 0 Å². The van der Waals surface area contributed by atoms with E-state index in [0.717, 1.165) is 38.4 Å². The molecule has 0 aliphatic carbocycles. The topological polar surface area (TPSA) is 55.8 Å². The minimum atomic E-state index is -0.398. The lowest BCUT2D eigenvalue weighted by Gasteiger charge is -2.11.